The molecule has 0 aliphatic carbocycles. The molecule has 0 bridgehead atoms. The maximum Gasteiger partial charge on any atom is 0.253 e. The van der Waals surface area contributed by atoms with Crippen LogP contribution in [0, 0.1) is 17.7 Å². The van der Waals surface area contributed by atoms with Gasteiger partial charge in [-0.05, 0) is 51.3 Å². The molecular weight excluding hydrogens is 309 g/mol. The Balaban J connectivity index is 1.95. The van der Waals surface area contributed by atoms with Gasteiger partial charge in [0, 0.05) is 50.8 Å². The molecule has 0 spiro atoms. The molecule has 1 aromatic rings. The van der Waals surface area contributed by atoms with Crippen molar-refractivity contribution in [3.8, 4) is 0 Å². The normalized spacial score (nSPS) is 21.0. The van der Waals surface area contributed by atoms with Gasteiger partial charge >= 0.3 is 0 Å². The number of nitrogens with zero attached hydrogens (tertiary/aromatic N) is 3. The van der Waals surface area contributed by atoms with E-state index in [0.717, 1.165) is 19.6 Å². The number of hydrogen-bond acceptors (Lipinski definition) is 4. The average molecular weight is 337 g/mol. The van der Waals surface area contributed by atoms with E-state index in [1.54, 1.807) is 4.90 Å². The lowest BCUT2D eigenvalue weighted by Crippen LogP contribution is -2.35. The van der Waals surface area contributed by atoms with Crippen LogP contribution in [-0.4, -0.2) is 86.2 Å². The van der Waals surface area contributed by atoms with Gasteiger partial charge in [-0.15, -0.1) is 0 Å². The average Bonchev–Trinajstić information content (AvgIpc) is 2.96. The second kappa shape index (κ2) is 8.55. The van der Waals surface area contributed by atoms with Crippen LogP contribution in [0.3, 0.4) is 0 Å². The lowest BCUT2D eigenvalue weighted by Gasteiger charge is -2.25. The van der Waals surface area contributed by atoms with Crippen molar-refractivity contribution in [3.63, 3.8) is 0 Å². The van der Waals surface area contributed by atoms with E-state index in [1.165, 1.54) is 24.3 Å². The molecule has 24 heavy (non-hydrogen) atoms. The van der Waals surface area contributed by atoms with Crippen molar-refractivity contribution in [2.75, 3.05) is 60.5 Å². The highest BCUT2D eigenvalue weighted by Gasteiger charge is 2.35. The number of hydrogen-bond donors (Lipinski definition) is 1. The van der Waals surface area contributed by atoms with E-state index >= 15 is 0 Å². The van der Waals surface area contributed by atoms with Gasteiger partial charge in [-0.2, -0.15) is 0 Å². The van der Waals surface area contributed by atoms with Crippen molar-refractivity contribution in [2.24, 2.45) is 11.8 Å². The summed E-state index contributed by atoms with van der Waals surface area (Å²) in [5, 5.41) is 9.66. The summed E-state index contributed by atoms with van der Waals surface area (Å²) in [6.45, 7) is 4.05. The summed E-state index contributed by atoms with van der Waals surface area (Å²) in [6, 6.07) is 5.64. The molecule has 5 nitrogen and oxygen atoms in total. The van der Waals surface area contributed by atoms with Gasteiger partial charge in [-0.1, -0.05) is 0 Å². The molecule has 0 unspecified atom stereocenters. The lowest BCUT2D eigenvalue weighted by atomic mass is 9.96. The summed E-state index contributed by atoms with van der Waals surface area (Å²) in [4.78, 5) is 18.7. The third kappa shape index (κ3) is 5.00. The van der Waals surface area contributed by atoms with Gasteiger partial charge in [0.25, 0.3) is 5.91 Å². The van der Waals surface area contributed by atoms with Gasteiger partial charge < -0.3 is 19.8 Å². The smallest absolute Gasteiger partial charge is 0.253 e. The Hall–Kier alpha value is -1.50. The van der Waals surface area contributed by atoms with E-state index in [9.17, 15) is 14.3 Å². The molecule has 0 saturated carbocycles. The molecule has 1 aliphatic rings. The van der Waals surface area contributed by atoms with Crippen molar-refractivity contribution in [3.05, 3.63) is 35.6 Å². The van der Waals surface area contributed by atoms with Gasteiger partial charge in [0.2, 0.25) is 0 Å². The van der Waals surface area contributed by atoms with Gasteiger partial charge in [-0.25, -0.2) is 4.39 Å². The van der Waals surface area contributed by atoms with E-state index < -0.39 is 0 Å². The summed E-state index contributed by atoms with van der Waals surface area (Å²) in [5.74, 6) is -0.0868. The highest BCUT2D eigenvalue weighted by atomic mass is 19.1. The van der Waals surface area contributed by atoms with Crippen molar-refractivity contribution < 1.29 is 14.3 Å². The zero-order valence-corrected chi connectivity index (χ0v) is 14.8. The number of likely N-dealkylation sites (tertiary alicyclic amines) is 1. The van der Waals surface area contributed by atoms with E-state index in [1.807, 2.05) is 14.1 Å². The Kier molecular flexibility index (Phi) is 6.71. The highest BCUT2D eigenvalue weighted by Crippen LogP contribution is 2.25. The Morgan fingerprint density at radius 3 is 2.38 bits per heavy atom. The molecule has 1 N–H and O–H groups in total. The number of carbonyl (C=O) groups is 1. The number of aliphatic hydroxyl groups excluding tert-OH is 1. The maximum atomic E-state index is 13.0. The molecule has 2 atom stereocenters. The standard InChI is InChI=1S/C18H28FN3O2/c1-20(2)8-9-21(3)10-15-11-22(12-16(15)13-23)18(24)14-4-6-17(19)7-5-14/h4-7,15-16,23H,8-13H2,1-3H3/t15-,16-/m1/s1. The van der Waals surface area contributed by atoms with Crippen LogP contribution < -0.4 is 0 Å². The van der Waals surface area contributed by atoms with Crippen molar-refractivity contribution >= 4 is 5.91 Å². The molecular formula is C18H28FN3O2. The highest BCUT2D eigenvalue weighted by molar-refractivity contribution is 5.94. The van der Waals surface area contributed by atoms with Crippen LogP contribution in [-0.2, 0) is 0 Å². The Labute approximate surface area is 143 Å². The molecule has 1 saturated heterocycles. The molecule has 0 radical (unpaired) electrons. The predicted molar refractivity (Wildman–Crippen MR) is 92.4 cm³/mol. The molecule has 2 rings (SSSR count). The molecule has 134 valence electrons. The van der Waals surface area contributed by atoms with E-state index in [0.29, 0.717) is 18.7 Å². The number of rotatable bonds is 7. The fourth-order valence-electron chi connectivity index (χ4n) is 3.16. The van der Waals surface area contributed by atoms with Gasteiger partial charge in [0.05, 0.1) is 0 Å². The first-order valence-electron chi connectivity index (χ1n) is 8.39. The van der Waals surface area contributed by atoms with Crippen LogP contribution in [0.5, 0.6) is 0 Å². The summed E-state index contributed by atoms with van der Waals surface area (Å²) < 4.78 is 13.0. The first-order chi connectivity index (χ1) is 11.4. The third-order valence-electron chi connectivity index (χ3n) is 4.66. The fourth-order valence-corrected chi connectivity index (χ4v) is 3.16. The predicted octanol–water partition coefficient (Wildman–Crippen LogP) is 1.000. The molecule has 1 aliphatic heterocycles. The Morgan fingerprint density at radius 2 is 1.79 bits per heavy atom. The van der Waals surface area contributed by atoms with Crippen LogP contribution >= 0.6 is 0 Å². The number of carbonyl (C=O) groups excluding carboxylic acids is 1. The molecule has 0 aromatic heterocycles. The number of halogens is 1. The van der Waals surface area contributed by atoms with Crippen molar-refractivity contribution in [1.29, 1.82) is 0 Å². The van der Waals surface area contributed by atoms with Crippen molar-refractivity contribution in [1.82, 2.24) is 14.7 Å². The number of aliphatic hydroxyl groups is 1. The zero-order chi connectivity index (χ0) is 17.7. The third-order valence-corrected chi connectivity index (χ3v) is 4.66. The summed E-state index contributed by atoms with van der Waals surface area (Å²) in [5.41, 5.74) is 0.495. The van der Waals surface area contributed by atoms with Crippen LogP contribution in [0.2, 0.25) is 0 Å². The molecule has 1 amide bonds. The molecule has 1 heterocycles. The minimum atomic E-state index is -0.346. The van der Waals surface area contributed by atoms with Crippen LogP contribution in [0.1, 0.15) is 10.4 Å². The van der Waals surface area contributed by atoms with Gasteiger partial charge in [-0.3, -0.25) is 4.79 Å². The maximum absolute atomic E-state index is 13.0. The minimum Gasteiger partial charge on any atom is -0.396 e. The van der Waals surface area contributed by atoms with Crippen molar-refractivity contribution in [2.45, 2.75) is 0 Å². The second-order valence-electron chi connectivity index (χ2n) is 6.99. The summed E-state index contributed by atoms with van der Waals surface area (Å²) >= 11 is 0. The lowest BCUT2D eigenvalue weighted by molar-refractivity contribution is 0.0779. The zero-order valence-electron chi connectivity index (χ0n) is 14.8. The quantitative estimate of drug-likeness (QED) is 0.806. The second-order valence-corrected chi connectivity index (χ2v) is 6.99. The number of amides is 1. The molecule has 1 fully saturated rings. The largest absolute Gasteiger partial charge is 0.396 e. The number of likely N-dealkylation sites (N-methyl/N-ethyl adjacent to an activating group) is 2. The summed E-state index contributed by atoms with van der Waals surface area (Å²) in [7, 11) is 6.16. The number of benzene rings is 1. The Bertz CT molecular complexity index is 536. The fraction of sp³-hybridized carbons (Fsp3) is 0.611. The Morgan fingerprint density at radius 1 is 1.17 bits per heavy atom. The first-order valence-corrected chi connectivity index (χ1v) is 8.39. The summed E-state index contributed by atoms with van der Waals surface area (Å²) in [6.07, 6.45) is 0. The van der Waals surface area contributed by atoms with Gasteiger partial charge in [0.15, 0.2) is 0 Å². The van der Waals surface area contributed by atoms with Crippen LogP contribution in [0.15, 0.2) is 24.3 Å². The molecule has 1 aromatic carbocycles. The minimum absolute atomic E-state index is 0.0827. The topological polar surface area (TPSA) is 47.0 Å². The molecule has 6 heteroatoms. The monoisotopic (exact) mass is 337 g/mol. The van der Waals surface area contributed by atoms with E-state index in [4.69, 9.17) is 0 Å². The van der Waals surface area contributed by atoms with Gasteiger partial charge in [0.1, 0.15) is 5.82 Å². The first kappa shape index (κ1) is 18.8. The SMILES string of the molecule is CN(C)CCN(C)C[C@@H]1CN(C(=O)c2ccc(F)cc2)C[C@@H]1CO. The van der Waals surface area contributed by atoms with Crippen LogP contribution in [0.4, 0.5) is 4.39 Å². The van der Waals surface area contributed by atoms with E-state index in [-0.39, 0.29) is 30.2 Å². The van der Waals surface area contributed by atoms with Crippen LogP contribution in [0.25, 0.3) is 0 Å². The van der Waals surface area contributed by atoms with E-state index in [2.05, 4.69) is 16.8 Å².